The summed E-state index contributed by atoms with van der Waals surface area (Å²) in [4.78, 5) is 12.3. The number of fused-ring (bicyclic) bond motifs is 1. The Morgan fingerprint density at radius 3 is 2.82 bits per heavy atom. The van der Waals surface area contributed by atoms with Gasteiger partial charge < -0.3 is 4.84 Å². The van der Waals surface area contributed by atoms with Crippen LogP contribution in [0.15, 0.2) is 53.9 Å². The molecule has 0 radical (unpaired) electrons. The lowest BCUT2D eigenvalue weighted by molar-refractivity contribution is 0.0745. The maximum atomic E-state index is 5.67. The van der Waals surface area contributed by atoms with Crippen molar-refractivity contribution in [2.45, 2.75) is 19.6 Å². The van der Waals surface area contributed by atoms with Gasteiger partial charge in [0.15, 0.2) is 0 Å². The second kappa shape index (κ2) is 5.54. The van der Waals surface area contributed by atoms with Crippen molar-refractivity contribution in [2.24, 2.45) is 11.1 Å². The van der Waals surface area contributed by atoms with Crippen LogP contribution in [0.2, 0.25) is 0 Å². The second-order valence-electron chi connectivity index (χ2n) is 6.15. The van der Waals surface area contributed by atoms with E-state index in [1.165, 1.54) is 16.7 Å². The first-order valence-corrected chi connectivity index (χ1v) is 7.71. The molecule has 0 spiro atoms. The van der Waals surface area contributed by atoms with Crippen molar-refractivity contribution >= 4 is 5.71 Å². The largest absolute Gasteiger partial charge is 0.390 e. The average molecular weight is 293 g/mol. The number of nitrogens with zero attached hydrogens (tertiary/aromatic N) is 3. The van der Waals surface area contributed by atoms with Crippen LogP contribution in [0.5, 0.6) is 0 Å². The van der Waals surface area contributed by atoms with E-state index in [4.69, 9.17) is 4.84 Å². The Morgan fingerprint density at radius 2 is 2.05 bits per heavy atom. The molecule has 1 aromatic carbocycles. The number of benzene rings is 1. The predicted octanol–water partition coefficient (Wildman–Crippen LogP) is 2.62. The normalized spacial score (nSPS) is 24.0. The fraction of sp³-hybridized carbons (Fsp3) is 0.333. The van der Waals surface area contributed by atoms with E-state index in [-0.39, 0.29) is 6.10 Å². The van der Waals surface area contributed by atoms with Gasteiger partial charge in [-0.05, 0) is 24.1 Å². The molecule has 2 aliphatic heterocycles. The van der Waals surface area contributed by atoms with E-state index in [1.807, 2.05) is 18.5 Å². The minimum atomic E-state index is 0.188. The zero-order valence-electron chi connectivity index (χ0n) is 12.6. The number of aryl methyl sites for hydroxylation is 1. The highest BCUT2D eigenvalue weighted by Gasteiger charge is 2.42. The zero-order valence-corrected chi connectivity index (χ0v) is 12.6. The number of aromatic nitrogens is 1. The molecule has 0 unspecified atom stereocenters. The van der Waals surface area contributed by atoms with Gasteiger partial charge in [0, 0.05) is 32.0 Å². The third kappa shape index (κ3) is 2.50. The summed E-state index contributed by atoms with van der Waals surface area (Å²) >= 11 is 0. The van der Waals surface area contributed by atoms with Gasteiger partial charge in [-0.25, -0.2) is 0 Å². The monoisotopic (exact) mass is 293 g/mol. The number of pyridine rings is 1. The highest BCUT2D eigenvalue weighted by molar-refractivity contribution is 6.03. The summed E-state index contributed by atoms with van der Waals surface area (Å²) in [6.07, 6.45) is 3.94. The first-order chi connectivity index (χ1) is 10.8. The van der Waals surface area contributed by atoms with Crippen LogP contribution in [0.1, 0.15) is 16.7 Å². The molecule has 0 amide bonds. The van der Waals surface area contributed by atoms with Crippen LogP contribution in [-0.2, 0) is 11.4 Å². The molecule has 22 heavy (non-hydrogen) atoms. The lowest BCUT2D eigenvalue weighted by Gasteiger charge is -2.16. The van der Waals surface area contributed by atoms with Crippen LogP contribution >= 0.6 is 0 Å². The van der Waals surface area contributed by atoms with Crippen LogP contribution in [0.25, 0.3) is 0 Å². The molecule has 2 atom stereocenters. The predicted molar refractivity (Wildman–Crippen MR) is 85.6 cm³/mol. The molecule has 112 valence electrons. The van der Waals surface area contributed by atoms with Crippen LogP contribution in [0.4, 0.5) is 0 Å². The van der Waals surface area contributed by atoms with Gasteiger partial charge in [-0.2, -0.15) is 0 Å². The van der Waals surface area contributed by atoms with Gasteiger partial charge in [-0.3, -0.25) is 9.88 Å². The molecule has 4 nitrogen and oxygen atoms in total. The van der Waals surface area contributed by atoms with Gasteiger partial charge in [0.1, 0.15) is 6.10 Å². The zero-order chi connectivity index (χ0) is 14.9. The van der Waals surface area contributed by atoms with Crippen molar-refractivity contribution in [1.29, 1.82) is 0 Å². The minimum absolute atomic E-state index is 0.188. The van der Waals surface area contributed by atoms with Crippen molar-refractivity contribution in [3.8, 4) is 0 Å². The first kappa shape index (κ1) is 13.5. The van der Waals surface area contributed by atoms with Gasteiger partial charge >= 0.3 is 0 Å². The van der Waals surface area contributed by atoms with Crippen LogP contribution in [0, 0.1) is 12.8 Å². The van der Waals surface area contributed by atoms with E-state index in [0.717, 1.165) is 25.3 Å². The second-order valence-corrected chi connectivity index (χ2v) is 6.15. The van der Waals surface area contributed by atoms with Crippen LogP contribution in [-0.4, -0.2) is 34.8 Å². The third-order valence-corrected chi connectivity index (χ3v) is 4.46. The summed E-state index contributed by atoms with van der Waals surface area (Å²) in [5, 5.41) is 4.34. The molecular formula is C18H19N3O. The fourth-order valence-corrected chi connectivity index (χ4v) is 3.28. The van der Waals surface area contributed by atoms with Crippen molar-refractivity contribution < 1.29 is 4.84 Å². The third-order valence-electron chi connectivity index (χ3n) is 4.46. The Balaban J connectivity index is 1.48. The molecule has 3 heterocycles. The Labute approximate surface area is 130 Å². The van der Waals surface area contributed by atoms with Gasteiger partial charge in [-0.15, -0.1) is 0 Å². The summed E-state index contributed by atoms with van der Waals surface area (Å²) in [7, 11) is 0. The summed E-state index contributed by atoms with van der Waals surface area (Å²) in [6.45, 7) is 4.95. The average Bonchev–Trinajstić information content (AvgIpc) is 3.09. The van der Waals surface area contributed by atoms with E-state index in [9.17, 15) is 0 Å². The molecule has 0 saturated carbocycles. The molecule has 1 saturated heterocycles. The standard InChI is InChI=1S/C18H19N3O/c1-13-4-6-15(7-5-13)18-16-11-21(12-17(16)22-20-18)10-14-3-2-8-19-9-14/h2-9,16-17H,10-12H2,1H3/t16-,17-/m0/s1. The van der Waals surface area contributed by atoms with E-state index < -0.39 is 0 Å². The number of hydrogen-bond donors (Lipinski definition) is 0. The summed E-state index contributed by atoms with van der Waals surface area (Å²) in [5.74, 6) is 0.374. The molecule has 0 bridgehead atoms. The Kier molecular flexibility index (Phi) is 3.39. The van der Waals surface area contributed by atoms with Crippen LogP contribution < -0.4 is 0 Å². The highest BCUT2D eigenvalue weighted by Crippen LogP contribution is 2.30. The number of oxime groups is 1. The molecule has 2 aliphatic rings. The summed E-state index contributed by atoms with van der Waals surface area (Å²) < 4.78 is 0. The van der Waals surface area contributed by atoms with Crippen molar-refractivity contribution in [3.05, 3.63) is 65.5 Å². The molecule has 2 aromatic rings. The van der Waals surface area contributed by atoms with E-state index in [1.54, 1.807) is 0 Å². The molecule has 1 aromatic heterocycles. The molecule has 1 fully saturated rings. The molecular weight excluding hydrogens is 274 g/mol. The topological polar surface area (TPSA) is 37.7 Å². The quantitative estimate of drug-likeness (QED) is 0.873. The SMILES string of the molecule is Cc1ccc(C2=NO[C@H]3CN(Cc4cccnc4)C[C@H]23)cc1. The number of hydrogen-bond acceptors (Lipinski definition) is 4. The maximum Gasteiger partial charge on any atom is 0.149 e. The molecule has 4 heteroatoms. The lowest BCUT2D eigenvalue weighted by Crippen LogP contribution is -2.23. The number of rotatable bonds is 3. The lowest BCUT2D eigenvalue weighted by atomic mass is 9.94. The highest BCUT2D eigenvalue weighted by atomic mass is 16.6. The summed E-state index contributed by atoms with van der Waals surface area (Å²) in [6, 6.07) is 12.7. The van der Waals surface area contributed by atoms with Gasteiger partial charge in [0.25, 0.3) is 0 Å². The number of likely N-dealkylation sites (tertiary alicyclic amines) is 1. The van der Waals surface area contributed by atoms with Crippen molar-refractivity contribution in [3.63, 3.8) is 0 Å². The van der Waals surface area contributed by atoms with E-state index in [0.29, 0.717) is 5.92 Å². The van der Waals surface area contributed by atoms with Gasteiger partial charge in [0.2, 0.25) is 0 Å². The van der Waals surface area contributed by atoms with E-state index in [2.05, 4.69) is 52.3 Å². The molecule has 4 rings (SSSR count). The van der Waals surface area contributed by atoms with Gasteiger partial charge in [0.05, 0.1) is 11.6 Å². The van der Waals surface area contributed by atoms with Gasteiger partial charge in [-0.1, -0.05) is 41.1 Å². The summed E-state index contributed by atoms with van der Waals surface area (Å²) in [5.41, 5.74) is 4.79. The Bertz CT molecular complexity index is 681. The Morgan fingerprint density at radius 1 is 1.18 bits per heavy atom. The smallest absolute Gasteiger partial charge is 0.149 e. The first-order valence-electron chi connectivity index (χ1n) is 7.71. The minimum Gasteiger partial charge on any atom is -0.390 e. The maximum absolute atomic E-state index is 5.67. The fourth-order valence-electron chi connectivity index (χ4n) is 3.28. The molecule has 0 N–H and O–H groups in total. The van der Waals surface area contributed by atoms with Crippen molar-refractivity contribution in [1.82, 2.24) is 9.88 Å². The Hall–Kier alpha value is -2.20. The van der Waals surface area contributed by atoms with E-state index >= 15 is 0 Å². The van der Waals surface area contributed by atoms with Crippen LogP contribution in [0.3, 0.4) is 0 Å². The molecule has 0 aliphatic carbocycles. The van der Waals surface area contributed by atoms with Crippen molar-refractivity contribution in [2.75, 3.05) is 13.1 Å².